The van der Waals surface area contributed by atoms with Crippen molar-refractivity contribution in [2.24, 2.45) is 0 Å². The van der Waals surface area contributed by atoms with E-state index in [-0.39, 0.29) is 10.6 Å². The lowest BCUT2D eigenvalue weighted by atomic mass is 10.1. The summed E-state index contributed by atoms with van der Waals surface area (Å²) >= 11 is 2.62. The van der Waals surface area contributed by atoms with Crippen LogP contribution in [0, 0.1) is 0 Å². The number of hydrogen-bond donors (Lipinski definition) is 2. The molecule has 0 aliphatic rings. The summed E-state index contributed by atoms with van der Waals surface area (Å²) in [4.78, 5) is 22.3. The Balaban J connectivity index is 2.08. The van der Waals surface area contributed by atoms with E-state index in [0.29, 0.717) is 21.7 Å². The molecule has 0 atom stereocenters. The van der Waals surface area contributed by atoms with Crippen LogP contribution in [0.1, 0.15) is 9.67 Å². The highest BCUT2D eigenvalue weighted by molar-refractivity contribution is 7.21. The molecule has 7 heteroatoms. The summed E-state index contributed by atoms with van der Waals surface area (Å²) < 4.78 is 0. The van der Waals surface area contributed by atoms with Crippen LogP contribution in [0.25, 0.3) is 32.2 Å². The van der Waals surface area contributed by atoms with Gasteiger partial charge in [-0.25, -0.2) is 14.8 Å². The number of nitrogens with two attached hydrogens (primary N) is 1. The third kappa shape index (κ3) is 2.34. The van der Waals surface area contributed by atoms with Crippen LogP contribution in [0.2, 0.25) is 0 Å². The fourth-order valence-corrected chi connectivity index (χ4v) is 4.09. The van der Waals surface area contributed by atoms with Crippen LogP contribution in [-0.2, 0) is 0 Å². The average Bonchev–Trinajstić information content (AvgIpc) is 3.23. The van der Waals surface area contributed by atoms with Gasteiger partial charge in [0, 0.05) is 5.56 Å². The summed E-state index contributed by atoms with van der Waals surface area (Å²) in [6.45, 7) is 0. The summed E-state index contributed by atoms with van der Waals surface area (Å²) in [6.07, 6.45) is 0. The van der Waals surface area contributed by atoms with Gasteiger partial charge < -0.3 is 10.8 Å². The Labute approximate surface area is 145 Å². The lowest BCUT2D eigenvalue weighted by Gasteiger charge is -2.06. The molecule has 0 spiro atoms. The number of carboxylic acid groups (broad SMARTS) is 1. The van der Waals surface area contributed by atoms with Crippen molar-refractivity contribution in [2.45, 2.75) is 0 Å². The first-order valence-electron chi connectivity index (χ1n) is 7.07. The number of aromatic carboxylic acids is 1. The molecule has 0 aliphatic heterocycles. The van der Waals surface area contributed by atoms with Crippen LogP contribution in [0.5, 0.6) is 0 Å². The molecule has 3 aromatic heterocycles. The number of fused-ring (bicyclic) bond motifs is 1. The number of carboxylic acids is 1. The summed E-state index contributed by atoms with van der Waals surface area (Å²) in [5.74, 6) is -0.471. The Morgan fingerprint density at radius 1 is 1.08 bits per heavy atom. The Morgan fingerprint density at radius 2 is 1.88 bits per heavy atom. The number of nitrogen functional groups attached to an aromatic ring is 1. The number of thiophene rings is 2. The van der Waals surface area contributed by atoms with Gasteiger partial charge in [-0.2, -0.15) is 0 Å². The molecule has 0 radical (unpaired) electrons. The summed E-state index contributed by atoms with van der Waals surface area (Å²) in [6, 6.07) is 13.5. The molecule has 0 fully saturated rings. The minimum absolute atomic E-state index is 0.0970. The first-order valence-corrected chi connectivity index (χ1v) is 8.77. The van der Waals surface area contributed by atoms with Crippen LogP contribution in [0.3, 0.4) is 0 Å². The predicted molar refractivity (Wildman–Crippen MR) is 97.5 cm³/mol. The monoisotopic (exact) mass is 353 g/mol. The zero-order valence-electron chi connectivity index (χ0n) is 12.3. The van der Waals surface area contributed by atoms with Gasteiger partial charge in [-0.3, -0.25) is 0 Å². The van der Waals surface area contributed by atoms with Crippen LogP contribution in [-0.4, -0.2) is 21.0 Å². The lowest BCUT2D eigenvalue weighted by molar-refractivity contribution is 0.0703. The summed E-state index contributed by atoms with van der Waals surface area (Å²) in [5.41, 5.74) is 7.86. The molecule has 3 N–H and O–H groups in total. The number of rotatable bonds is 3. The lowest BCUT2D eigenvalue weighted by Crippen LogP contribution is -1.98. The van der Waals surface area contributed by atoms with Crippen molar-refractivity contribution in [3.63, 3.8) is 0 Å². The van der Waals surface area contributed by atoms with E-state index in [1.165, 1.54) is 11.3 Å². The summed E-state index contributed by atoms with van der Waals surface area (Å²) in [7, 11) is 0. The van der Waals surface area contributed by atoms with E-state index in [4.69, 9.17) is 5.73 Å². The minimum atomic E-state index is -1.05. The van der Waals surface area contributed by atoms with Gasteiger partial charge >= 0.3 is 5.97 Å². The highest BCUT2D eigenvalue weighted by Crippen LogP contribution is 2.39. The van der Waals surface area contributed by atoms with Gasteiger partial charge in [0.15, 0.2) is 5.82 Å². The Morgan fingerprint density at radius 3 is 2.54 bits per heavy atom. The van der Waals surface area contributed by atoms with Crippen LogP contribution in [0.4, 0.5) is 5.69 Å². The standard InChI is InChI=1S/C17H11N3O2S2/c18-12-11-13(9-5-2-1-3-6-9)19-15(10-7-4-8-23-10)20-16(11)24-14(12)17(21)22/h1-8H,18H2,(H,21,22). The molecular formula is C17H11N3O2S2. The molecule has 1 aromatic carbocycles. The molecular weight excluding hydrogens is 342 g/mol. The second-order valence-electron chi connectivity index (χ2n) is 5.07. The molecule has 0 aliphatic carbocycles. The van der Waals surface area contributed by atoms with Gasteiger partial charge in [-0.05, 0) is 11.4 Å². The second-order valence-corrected chi connectivity index (χ2v) is 7.02. The minimum Gasteiger partial charge on any atom is -0.477 e. The van der Waals surface area contributed by atoms with Crippen molar-refractivity contribution in [3.05, 3.63) is 52.7 Å². The van der Waals surface area contributed by atoms with Crippen molar-refractivity contribution in [1.29, 1.82) is 0 Å². The fraction of sp³-hybridized carbons (Fsp3) is 0. The largest absolute Gasteiger partial charge is 0.477 e. The van der Waals surface area contributed by atoms with E-state index < -0.39 is 5.97 Å². The first-order chi connectivity index (χ1) is 11.6. The topological polar surface area (TPSA) is 89.1 Å². The van der Waals surface area contributed by atoms with E-state index in [9.17, 15) is 9.90 Å². The maximum Gasteiger partial charge on any atom is 0.348 e. The van der Waals surface area contributed by atoms with Gasteiger partial charge in [0.1, 0.15) is 9.71 Å². The third-order valence-electron chi connectivity index (χ3n) is 3.57. The van der Waals surface area contributed by atoms with Gasteiger partial charge in [0.25, 0.3) is 0 Å². The predicted octanol–water partition coefficient (Wildman–Crippen LogP) is 4.37. The maximum absolute atomic E-state index is 11.4. The number of aromatic nitrogens is 2. The van der Waals surface area contributed by atoms with Gasteiger partial charge in [0.2, 0.25) is 0 Å². The molecule has 0 amide bonds. The average molecular weight is 353 g/mol. The first kappa shape index (κ1) is 14.8. The van der Waals surface area contributed by atoms with Crippen LogP contribution in [0.15, 0.2) is 47.8 Å². The second kappa shape index (κ2) is 5.70. The SMILES string of the molecule is Nc1c(C(=O)O)sc2nc(-c3cccs3)nc(-c3ccccc3)c12. The molecule has 5 nitrogen and oxygen atoms in total. The quantitative estimate of drug-likeness (QED) is 0.571. The number of hydrogen-bond acceptors (Lipinski definition) is 6. The van der Waals surface area contributed by atoms with Crippen molar-refractivity contribution >= 4 is 44.5 Å². The highest BCUT2D eigenvalue weighted by atomic mass is 32.1. The normalized spacial score (nSPS) is 11.0. The van der Waals surface area contributed by atoms with Gasteiger partial charge in [-0.1, -0.05) is 36.4 Å². The number of nitrogens with zero attached hydrogens (tertiary/aromatic N) is 2. The Kier molecular flexibility index (Phi) is 3.51. The smallest absolute Gasteiger partial charge is 0.348 e. The van der Waals surface area contributed by atoms with Gasteiger partial charge in [0.05, 0.1) is 21.6 Å². The van der Waals surface area contributed by atoms with E-state index in [0.717, 1.165) is 21.8 Å². The number of anilines is 1. The van der Waals surface area contributed by atoms with Crippen molar-refractivity contribution < 1.29 is 9.90 Å². The van der Waals surface area contributed by atoms with Crippen molar-refractivity contribution in [1.82, 2.24) is 9.97 Å². The highest BCUT2D eigenvalue weighted by Gasteiger charge is 2.22. The molecule has 24 heavy (non-hydrogen) atoms. The van der Waals surface area contributed by atoms with E-state index >= 15 is 0 Å². The Hall–Kier alpha value is -2.77. The molecule has 0 saturated heterocycles. The molecule has 4 rings (SSSR count). The maximum atomic E-state index is 11.4. The molecule has 0 unspecified atom stereocenters. The molecule has 118 valence electrons. The summed E-state index contributed by atoms with van der Waals surface area (Å²) in [5, 5.41) is 11.9. The van der Waals surface area contributed by atoms with Crippen molar-refractivity contribution in [3.8, 4) is 22.0 Å². The van der Waals surface area contributed by atoms with Gasteiger partial charge in [-0.15, -0.1) is 22.7 Å². The Bertz CT molecular complexity index is 1040. The fourth-order valence-electron chi connectivity index (χ4n) is 2.50. The zero-order chi connectivity index (χ0) is 16.7. The number of benzene rings is 1. The molecule has 0 saturated carbocycles. The third-order valence-corrected chi connectivity index (χ3v) is 5.52. The van der Waals surface area contributed by atoms with Crippen LogP contribution < -0.4 is 5.73 Å². The van der Waals surface area contributed by atoms with E-state index in [1.54, 1.807) is 0 Å². The van der Waals surface area contributed by atoms with E-state index in [1.807, 2.05) is 47.8 Å². The van der Waals surface area contributed by atoms with E-state index in [2.05, 4.69) is 9.97 Å². The zero-order valence-corrected chi connectivity index (χ0v) is 13.9. The number of carbonyl (C=O) groups is 1. The van der Waals surface area contributed by atoms with Crippen LogP contribution >= 0.6 is 22.7 Å². The van der Waals surface area contributed by atoms with Crippen molar-refractivity contribution in [2.75, 3.05) is 5.73 Å². The molecule has 0 bridgehead atoms. The molecule has 3 heterocycles. The molecule has 4 aromatic rings.